The van der Waals surface area contributed by atoms with E-state index in [0.717, 1.165) is 13.1 Å². The molecule has 0 aromatic heterocycles. The maximum atomic E-state index is 11.2. The molecule has 1 aliphatic rings. The summed E-state index contributed by atoms with van der Waals surface area (Å²) in [5.74, 6) is 1.57. The van der Waals surface area contributed by atoms with Crippen LogP contribution in [0.2, 0.25) is 0 Å². The molecule has 0 unspecified atom stereocenters. The van der Waals surface area contributed by atoms with Gasteiger partial charge in [0, 0.05) is 19.3 Å². The highest BCUT2D eigenvalue weighted by Gasteiger charge is 2.24. The molecule has 0 saturated heterocycles. The van der Waals surface area contributed by atoms with E-state index in [1.807, 2.05) is 0 Å². The van der Waals surface area contributed by atoms with Gasteiger partial charge in [0.05, 0.1) is 5.75 Å². The minimum atomic E-state index is -2.85. The van der Waals surface area contributed by atoms with Crippen LogP contribution >= 0.6 is 0 Å². The van der Waals surface area contributed by atoms with Crippen LogP contribution in [-0.2, 0) is 9.84 Å². The smallest absolute Gasteiger partial charge is 0.148 e. The summed E-state index contributed by atoms with van der Waals surface area (Å²) in [4.78, 5) is 2.27. The van der Waals surface area contributed by atoms with Crippen LogP contribution in [0.15, 0.2) is 11.6 Å². The Balaban J connectivity index is 2.56. The average Bonchev–Trinajstić information content (AvgIpc) is 2.26. The molecule has 2 atom stereocenters. The summed E-state index contributed by atoms with van der Waals surface area (Å²) in [5, 5.41) is 0. The molecule has 0 aromatic rings. The van der Waals surface area contributed by atoms with E-state index in [-0.39, 0.29) is 5.75 Å². The van der Waals surface area contributed by atoms with Crippen molar-refractivity contribution in [2.24, 2.45) is 11.8 Å². The Morgan fingerprint density at radius 3 is 2.61 bits per heavy atom. The third kappa shape index (κ3) is 5.11. The molecule has 0 aliphatic heterocycles. The fourth-order valence-corrected chi connectivity index (χ4v) is 3.24. The Bertz CT molecular complexity index is 387. The van der Waals surface area contributed by atoms with E-state index in [9.17, 15) is 8.42 Å². The predicted molar refractivity (Wildman–Crippen MR) is 77.5 cm³/mol. The van der Waals surface area contributed by atoms with Crippen molar-refractivity contribution < 1.29 is 8.42 Å². The fraction of sp³-hybridized carbons (Fsp3) is 0.857. The molecule has 0 fully saturated rings. The molecule has 0 saturated carbocycles. The highest BCUT2D eigenvalue weighted by molar-refractivity contribution is 7.90. The second-order valence-corrected chi connectivity index (χ2v) is 7.89. The summed E-state index contributed by atoms with van der Waals surface area (Å²) in [7, 11) is -2.85. The van der Waals surface area contributed by atoms with E-state index in [1.54, 1.807) is 0 Å². The summed E-state index contributed by atoms with van der Waals surface area (Å²) in [6.07, 6.45) is 6.11. The number of allylic oxidation sites excluding steroid dienone is 1. The lowest BCUT2D eigenvalue weighted by molar-refractivity contribution is 0.222. The molecule has 0 spiro atoms. The largest absolute Gasteiger partial charge is 0.302 e. The van der Waals surface area contributed by atoms with Gasteiger partial charge in [-0.15, -0.1) is 0 Å². The Labute approximate surface area is 112 Å². The lowest BCUT2D eigenvalue weighted by atomic mass is 9.80. The third-order valence-electron chi connectivity index (χ3n) is 4.04. The average molecular weight is 273 g/mol. The van der Waals surface area contributed by atoms with Crippen molar-refractivity contribution in [1.82, 2.24) is 4.90 Å². The summed E-state index contributed by atoms with van der Waals surface area (Å²) >= 11 is 0. The molecule has 4 heteroatoms. The van der Waals surface area contributed by atoms with E-state index >= 15 is 0 Å². The predicted octanol–water partition coefficient (Wildman–Crippen LogP) is 2.35. The first-order chi connectivity index (χ1) is 8.33. The Morgan fingerprint density at radius 1 is 1.44 bits per heavy atom. The van der Waals surface area contributed by atoms with Gasteiger partial charge >= 0.3 is 0 Å². The van der Waals surface area contributed by atoms with Crippen molar-refractivity contribution in [1.29, 1.82) is 0 Å². The first kappa shape index (κ1) is 15.7. The Hall–Kier alpha value is -0.350. The Morgan fingerprint density at radius 2 is 2.11 bits per heavy atom. The summed E-state index contributed by atoms with van der Waals surface area (Å²) in [6, 6.07) is 0. The summed E-state index contributed by atoms with van der Waals surface area (Å²) < 4.78 is 22.5. The van der Waals surface area contributed by atoms with Crippen molar-refractivity contribution in [3.05, 3.63) is 11.6 Å². The van der Waals surface area contributed by atoms with Crippen molar-refractivity contribution in [3.8, 4) is 0 Å². The molecule has 3 nitrogen and oxygen atoms in total. The second-order valence-electron chi connectivity index (χ2n) is 5.63. The van der Waals surface area contributed by atoms with Gasteiger partial charge in [-0.25, -0.2) is 8.42 Å². The molecule has 0 radical (unpaired) electrons. The monoisotopic (exact) mass is 273 g/mol. The number of hydrogen-bond donors (Lipinski definition) is 0. The first-order valence-corrected chi connectivity index (χ1v) is 8.96. The van der Waals surface area contributed by atoms with Crippen LogP contribution in [-0.4, -0.2) is 45.0 Å². The topological polar surface area (TPSA) is 37.4 Å². The molecule has 0 heterocycles. The van der Waals surface area contributed by atoms with E-state index < -0.39 is 9.84 Å². The second kappa shape index (κ2) is 6.71. The fourth-order valence-electron chi connectivity index (χ4n) is 2.65. The van der Waals surface area contributed by atoms with E-state index in [2.05, 4.69) is 31.7 Å². The lowest BCUT2D eigenvalue weighted by Gasteiger charge is -2.33. The highest BCUT2D eigenvalue weighted by Crippen LogP contribution is 2.30. The zero-order chi connectivity index (χ0) is 13.8. The molecule has 18 heavy (non-hydrogen) atoms. The van der Waals surface area contributed by atoms with Crippen LogP contribution in [0.25, 0.3) is 0 Å². The minimum Gasteiger partial charge on any atom is -0.302 e. The van der Waals surface area contributed by atoms with Gasteiger partial charge in [-0.1, -0.05) is 25.5 Å². The zero-order valence-electron chi connectivity index (χ0n) is 12.1. The van der Waals surface area contributed by atoms with Crippen molar-refractivity contribution >= 4 is 9.84 Å². The van der Waals surface area contributed by atoms with Gasteiger partial charge in [-0.3, -0.25) is 0 Å². The molecule has 106 valence electrons. The zero-order valence-corrected chi connectivity index (χ0v) is 13.0. The lowest BCUT2D eigenvalue weighted by Crippen LogP contribution is -2.36. The Kier molecular flexibility index (Phi) is 5.86. The summed E-state index contributed by atoms with van der Waals surface area (Å²) in [5.41, 5.74) is 1.48. The van der Waals surface area contributed by atoms with Gasteiger partial charge in [0.15, 0.2) is 0 Å². The van der Waals surface area contributed by atoms with Gasteiger partial charge in [-0.2, -0.15) is 0 Å². The van der Waals surface area contributed by atoms with Crippen LogP contribution in [0.4, 0.5) is 0 Å². The highest BCUT2D eigenvalue weighted by atomic mass is 32.2. The van der Waals surface area contributed by atoms with E-state index in [4.69, 9.17) is 0 Å². The molecule has 0 N–H and O–H groups in total. The summed E-state index contributed by atoms with van der Waals surface area (Å²) in [6.45, 7) is 9.21. The number of sulfone groups is 1. The molecular formula is C14H27NO2S. The minimum absolute atomic E-state index is 0.269. The molecule has 1 rings (SSSR count). The van der Waals surface area contributed by atoms with Crippen LogP contribution in [0.1, 0.15) is 33.6 Å². The van der Waals surface area contributed by atoms with Gasteiger partial charge in [0.2, 0.25) is 0 Å². The van der Waals surface area contributed by atoms with Crippen molar-refractivity contribution in [3.63, 3.8) is 0 Å². The molecule has 0 bridgehead atoms. The van der Waals surface area contributed by atoms with Gasteiger partial charge in [0.1, 0.15) is 9.84 Å². The maximum absolute atomic E-state index is 11.2. The number of rotatable bonds is 6. The standard InChI is InChI=1S/C14H27NO2S/c1-5-15(9-10-18(4,16)17)11-14-12(2)7-6-8-13(14)3/h7,13-14H,5-6,8-11H2,1-4H3/t13-,14-/m1/s1. The molecular weight excluding hydrogens is 246 g/mol. The van der Waals surface area contributed by atoms with Crippen LogP contribution in [0, 0.1) is 11.8 Å². The SMILES string of the molecule is CCN(CCS(C)(=O)=O)C[C@@H]1C(C)=CCC[C@H]1C. The van der Waals surface area contributed by atoms with Crippen LogP contribution < -0.4 is 0 Å². The van der Waals surface area contributed by atoms with Crippen LogP contribution in [0.3, 0.4) is 0 Å². The molecule has 1 aliphatic carbocycles. The van der Waals surface area contributed by atoms with Crippen molar-refractivity contribution in [2.75, 3.05) is 31.6 Å². The normalized spacial score (nSPS) is 25.3. The van der Waals surface area contributed by atoms with E-state index in [0.29, 0.717) is 18.4 Å². The van der Waals surface area contributed by atoms with E-state index in [1.165, 1.54) is 24.7 Å². The first-order valence-electron chi connectivity index (χ1n) is 6.90. The van der Waals surface area contributed by atoms with Gasteiger partial charge < -0.3 is 4.90 Å². The number of nitrogens with zero attached hydrogens (tertiary/aromatic N) is 1. The molecule has 0 amide bonds. The quantitative estimate of drug-likeness (QED) is 0.697. The van der Waals surface area contributed by atoms with Gasteiger partial charge in [0.25, 0.3) is 0 Å². The van der Waals surface area contributed by atoms with Crippen LogP contribution in [0.5, 0.6) is 0 Å². The molecule has 0 aromatic carbocycles. The maximum Gasteiger partial charge on any atom is 0.148 e. The van der Waals surface area contributed by atoms with Gasteiger partial charge in [-0.05, 0) is 38.1 Å². The van der Waals surface area contributed by atoms with Crippen molar-refractivity contribution in [2.45, 2.75) is 33.6 Å². The number of hydrogen-bond acceptors (Lipinski definition) is 3. The third-order valence-corrected chi connectivity index (χ3v) is 4.96.